The highest BCUT2D eigenvalue weighted by atomic mass is 79.9. The molecule has 6 heteroatoms. The van der Waals surface area contributed by atoms with Crippen LogP contribution in [-0.2, 0) is 0 Å². The lowest BCUT2D eigenvalue weighted by molar-refractivity contribution is 0.0693. The fourth-order valence-electron chi connectivity index (χ4n) is 2.54. The van der Waals surface area contributed by atoms with Gasteiger partial charge in [-0.1, -0.05) is 57.4 Å². The Hall–Kier alpha value is -1.01. The average molecular weight is 478 g/mol. The first-order valence-corrected chi connectivity index (χ1v) is 10.3. The van der Waals surface area contributed by atoms with Crippen molar-refractivity contribution >= 4 is 43.9 Å². The van der Waals surface area contributed by atoms with Crippen LogP contribution in [0.1, 0.15) is 61.4 Å². The Morgan fingerprint density at radius 1 is 1.24 bits per heavy atom. The second kappa shape index (κ2) is 11.6. The van der Waals surface area contributed by atoms with Crippen LogP contribution in [0, 0.1) is 0 Å². The number of allylic oxidation sites excluding steroid dienone is 1. The number of carboxylic acid groups (broad SMARTS) is 1. The topological polar surface area (TPSA) is 66.8 Å². The van der Waals surface area contributed by atoms with Crippen LogP contribution in [0.5, 0.6) is 11.5 Å². The van der Waals surface area contributed by atoms with Gasteiger partial charge in [-0.15, -0.1) is 0 Å². The first-order chi connectivity index (χ1) is 11.8. The molecular weight excluding hydrogens is 452 g/mol. The van der Waals surface area contributed by atoms with E-state index in [0.29, 0.717) is 21.0 Å². The molecule has 0 radical (unpaired) electrons. The highest BCUT2D eigenvalue weighted by Gasteiger charge is 2.15. The van der Waals surface area contributed by atoms with E-state index in [1.165, 1.54) is 26.0 Å². The SMILES string of the molecule is COc1cc(O)c(C(=O)O)c(C=CCCCC(Br)CCCC(C)Br)c1. The molecule has 4 nitrogen and oxygen atoms in total. The number of aromatic carboxylic acids is 1. The average Bonchev–Trinajstić information content (AvgIpc) is 2.53. The van der Waals surface area contributed by atoms with Crippen LogP contribution in [-0.4, -0.2) is 32.9 Å². The Morgan fingerprint density at radius 3 is 2.52 bits per heavy atom. The Labute approximate surface area is 166 Å². The van der Waals surface area contributed by atoms with Crippen LogP contribution in [0.15, 0.2) is 18.2 Å². The van der Waals surface area contributed by atoms with Crippen molar-refractivity contribution in [2.24, 2.45) is 0 Å². The highest BCUT2D eigenvalue weighted by molar-refractivity contribution is 9.09. The van der Waals surface area contributed by atoms with Gasteiger partial charge in [0.1, 0.15) is 17.1 Å². The zero-order chi connectivity index (χ0) is 18.8. The lowest BCUT2D eigenvalue weighted by Gasteiger charge is -2.09. The predicted octanol–water partition coefficient (Wildman–Crippen LogP) is 6.00. The Balaban J connectivity index is 2.53. The number of hydrogen-bond donors (Lipinski definition) is 2. The fraction of sp³-hybridized carbons (Fsp3) is 0.526. The summed E-state index contributed by atoms with van der Waals surface area (Å²) >= 11 is 7.28. The van der Waals surface area contributed by atoms with Crippen molar-refractivity contribution < 1.29 is 19.7 Å². The van der Waals surface area contributed by atoms with E-state index in [2.05, 4.69) is 38.8 Å². The van der Waals surface area contributed by atoms with Gasteiger partial charge in [0.2, 0.25) is 0 Å². The monoisotopic (exact) mass is 476 g/mol. The lowest BCUT2D eigenvalue weighted by Crippen LogP contribution is -2.01. The molecule has 140 valence electrons. The van der Waals surface area contributed by atoms with Crippen molar-refractivity contribution in [2.75, 3.05) is 7.11 Å². The molecule has 0 spiro atoms. The molecule has 0 amide bonds. The van der Waals surface area contributed by atoms with Crippen molar-refractivity contribution in [1.82, 2.24) is 0 Å². The number of halogens is 2. The second-order valence-corrected chi connectivity index (χ2v) is 8.92. The molecule has 2 atom stereocenters. The number of benzene rings is 1. The summed E-state index contributed by atoms with van der Waals surface area (Å²) in [5.41, 5.74) is 0.352. The van der Waals surface area contributed by atoms with Gasteiger partial charge in [0.15, 0.2) is 0 Å². The largest absolute Gasteiger partial charge is 0.507 e. The standard InChI is InChI=1S/C19H26Br2O4/c1-13(20)7-6-10-15(21)9-5-3-4-8-14-11-16(25-2)12-17(22)18(14)19(23)24/h4,8,11-13,15,22H,3,5-7,9-10H2,1-2H3,(H,23,24). The summed E-state index contributed by atoms with van der Waals surface area (Å²) in [5.74, 6) is -1.00. The van der Waals surface area contributed by atoms with Gasteiger partial charge in [0, 0.05) is 15.7 Å². The first kappa shape index (κ1) is 22.0. The molecule has 0 heterocycles. The number of methoxy groups -OCH3 is 1. The van der Waals surface area contributed by atoms with Gasteiger partial charge in [-0.3, -0.25) is 0 Å². The van der Waals surface area contributed by atoms with E-state index < -0.39 is 5.97 Å². The molecule has 25 heavy (non-hydrogen) atoms. The first-order valence-electron chi connectivity index (χ1n) is 8.44. The summed E-state index contributed by atoms with van der Waals surface area (Å²) in [5, 5.41) is 19.1. The second-order valence-electron chi connectivity index (χ2n) is 6.06. The summed E-state index contributed by atoms with van der Waals surface area (Å²) in [7, 11) is 1.48. The smallest absolute Gasteiger partial charge is 0.340 e. The van der Waals surface area contributed by atoms with Gasteiger partial charge in [-0.05, 0) is 43.7 Å². The maximum absolute atomic E-state index is 11.3. The quantitative estimate of drug-likeness (QED) is 0.303. The zero-order valence-electron chi connectivity index (χ0n) is 14.7. The number of carbonyl (C=O) groups is 1. The summed E-state index contributed by atoms with van der Waals surface area (Å²) in [6.07, 6.45) is 10.2. The van der Waals surface area contributed by atoms with Crippen molar-refractivity contribution in [3.05, 3.63) is 29.3 Å². The Bertz CT molecular complexity index is 585. The summed E-state index contributed by atoms with van der Waals surface area (Å²) < 4.78 is 5.09. The molecule has 1 rings (SSSR count). The predicted molar refractivity (Wildman–Crippen MR) is 109 cm³/mol. The molecule has 0 fully saturated rings. The van der Waals surface area contributed by atoms with E-state index in [4.69, 9.17) is 4.74 Å². The summed E-state index contributed by atoms with van der Waals surface area (Å²) in [4.78, 5) is 12.4. The Kier molecular flexibility index (Phi) is 10.2. The molecular formula is C19H26Br2O4. The molecule has 0 aliphatic carbocycles. The third-order valence-electron chi connectivity index (χ3n) is 3.88. The maximum atomic E-state index is 11.3. The number of aromatic hydroxyl groups is 1. The minimum absolute atomic E-state index is 0.0979. The minimum Gasteiger partial charge on any atom is -0.507 e. The number of rotatable bonds is 11. The molecule has 0 aliphatic rings. The van der Waals surface area contributed by atoms with Crippen molar-refractivity contribution in [1.29, 1.82) is 0 Å². The van der Waals surface area contributed by atoms with Crippen LogP contribution < -0.4 is 4.74 Å². The van der Waals surface area contributed by atoms with Gasteiger partial charge in [-0.25, -0.2) is 4.79 Å². The molecule has 0 bridgehead atoms. The van der Waals surface area contributed by atoms with Crippen LogP contribution >= 0.6 is 31.9 Å². The molecule has 0 saturated carbocycles. The maximum Gasteiger partial charge on any atom is 0.340 e. The normalized spacial score (nSPS) is 13.8. The van der Waals surface area contributed by atoms with Crippen molar-refractivity contribution in [2.45, 2.75) is 55.1 Å². The number of hydrogen-bond acceptors (Lipinski definition) is 3. The van der Waals surface area contributed by atoms with E-state index in [9.17, 15) is 15.0 Å². The molecule has 2 unspecified atom stereocenters. The number of unbranched alkanes of at least 4 members (excludes halogenated alkanes) is 1. The summed E-state index contributed by atoms with van der Waals surface area (Å²) in [6, 6.07) is 2.93. The number of ether oxygens (including phenoxy) is 1. The van der Waals surface area contributed by atoms with E-state index in [1.54, 1.807) is 12.1 Å². The van der Waals surface area contributed by atoms with Gasteiger partial charge < -0.3 is 14.9 Å². The fourth-order valence-corrected chi connectivity index (χ4v) is 3.51. The Morgan fingerprint density at radius 2 is 1.92 bits per heavy atom. The highest BCUT2D eigenvalue weighted by Crippen LogP contribution is 2.29. The molecule has 0 aliphatic heterocycles. The van der Waals surface area contributed by atoms with E-state index in [0.717, 1.165) is 25.7 Å². The van der Waals surface area contributed by atoms with Crippen molar-refractivity contribution in [3.63, 3.8) is 0 Å². The van der Waals surface area contributed by atoms with Crippen molar-refractivity contribution in [3.8, 4) is 11.5 Å². The van der Waals surface area contributed by atoms with Crippen LogP contribution in [0.3, 0.4) is 0 Å². The molecule has 0 saturated heterocycles. The van der Waals surface area contributed by atoms with Gasteiger partial charge >= 0.3 is 5.97 Å². The van der Waals surface area contributed by atoms with Crippen LogP contribution in [0.4, 0.5) is 0 Å². The number of phenols is 1. The third-order valence-corrected chi connectivity index (χ3v) is 5.25. The lowest BCUT2D eigenvalue weighted by atomic mass is 10.0. The minimum atomic E-state index is -1.15. The van der Waals surface area contributed by atoms with Crippen LogP contribution in [0.2, 0.25) is 0 Å². The number of carboxylic acids is 1. The van der Waals surface area contributed by atoms with Gasteiger partial charge in [0.25, 0.3) is 0 Å². The van der Waals surface area contributed by atoms with Gasteiger partial charge in [-0.2, -0.15) is 0 Å². The van der Waals surface area contributed by atoms with E-state index in [1.807, 2.05) is 6.08 Å². The van der Waals surface area contributed by atoms with E-state index in [-0.39, 0.29) is 11.3 Å². The molecule has 2 N–H and O–H groups in total. The van der Waals surface area contributed by atoms with E-state index >= 15 is 0 Å². The summed E-state index contributed by atoms with van der Waals surface area (Å²) in [6.45, 7) is 2.16. The molecule has 1 aromatic carbocycles. The van der Waals surface area contributed by atoms with Gasteiger partial charge in [0.05, 0.1) is 7.11 Å². The molecule has 0 aromatic heterocycles. The number of alkyl halides is 2. The zero-order valence-corrected chi connectivity index (χ0v) is 17.8. The third kappa shape index (κ3) is 8.27. The molecule has 1 aromatic rings. The van der Waals surface area contributed by atoms with Crippen LogP contribution in [0.25, 0.3) is 6.08 Å².